The Labute approximate surface area is 446 Å². The van der Waals surface area contributed by atoms with Gasteiger partial charge in [0.25, 0.3) is 0 Å². The lowest BCUT2D eigenvalue weighted by Gasteiger charge is -2.37. The SMILES string of the molecule is CC(C)(c1c(-n2c3ccccc3c3c4oc5ccccc5c4ccc32)c(-c2cccc(C#N)c2)cc(-c2cccc(C#N)c2)c1-n1c2ccccc2c2c3oc4ccccc4c3ccc21)n1c2ccccc2c2ccccc21. The van der Waals surface area contributed by atoms with E-state index in [1.54, 1.807) is 0 Å². The average Bonchev–Trinajstić information content (AvgIpc) is 4.39. The molecule has 0 amide bonds. The second-order valence-electron chi connectivity index (χ2n) is 20.9. The Bertz CT molecular complexity index is 5030. The standard InChI is InChI=1S/C71H43N5O2/c1-71(2,76-58-29-11-3-21-46(58)47-22-4-12-30-59(47)76)66-67(74-56-27-9-5-25-52(56)64-60(74)35-33-50-48-23-7-13-31-62(48)77-69(50)64)54(44-19-15-17-42(37-44)40-72)39-55(45-20-16-18-43(38-45)41-73)68(66)75-57-28-10-6-26-53(57)65-61(75)36-34-51-49-24-8-14-32-63(49)78-70(51)65/h3-39H,1-2H3. The van der Waals surface area contributed by atoms with Gasteiger partial charge in [-0.25, -0.2) is 0 Å². The van der Waals surface area contributed by atoms with Gasteiger partial charge in [0.1, 0.15) is 22.3 Å². The summed E-state index contributed by atoms with van der Waals surface area (Å²) in [6.07, 6.45) is 0. The van der Waals surface area contributed by atoms with Gasteiger partial charge in [-0.2, -0.15) is 10.5 Å². The molecule has 0 saturated carbocycles. The maximum Gasteiger partial charge on any atom is 0.145 e. The van der Waals surface area contributed by atoms with Gasteiger partial charge in [0, 0.05) is 70.8 Å². The molecule has 0 N–H and O–H groups in total. The van der Waals surface area contributed by atoms with Crippen LogP contribution in [0.5, 0.6) is 0 Å². The molecule has 5 heterocycles. The summed E-state index contributed by atoms with van der Waals surface area (Å²) in [6.45, 7) is 4.71. The van der Waals surface area contributed by atoms with Crippen LogP contribution in [-0.2, 0) is 5.54 Å². The van der Waals surface area contributed by atoms with Crippen molar-refractivity contribution in [1.82, 2.24) is 13.7 Å². The molecule has 0 atom stereocenters. The van der Waals surface area contributed by atoms with Crippen LogP contribution in [0.15, 0.2) is 233 Å². The van der Waals surface area contributed by atoms with E-state index in [2.05, 4.69) is 203 Å². The number of hydrogen-bond donors (Lipinski definition) is 0. The summed E-state index contributed by atoms with van der Waals surface area (Å²) in [5, 5.41) is 32.0. The van der Waals surface area contributed by atoms with Gasteiger partial charge in [-0.1, -0.05) is 133 Å². The van der Waals surface area contributed by atoms with Gasteiger partial charge in [-0.3, -0.25) is 0 Å². The highest BCUT2D eigenvalue weighted by molar-refractivity contribution is 6.26. The Morgan fingerprint density at radius 1 is 0.359 bits per heavy atom. The van der Waals surface area contributed by atoms with Crippen LogP contribution in [0.1, 0.15) is 30.5 Å². The van der Waals surface area contributed by atoms with Crippen LogP contribution in [0.25, 0.3) is 143 Å². The van der Waals surface area contributed by atoms with E-state index < -0.39 is 5.54 Å². The third-order valence-corrected chi connectivity index (χ3v) is 16.4. The van der Waals surface area contributed by atoms with E-state index in [0.717, 1.165) is 148 Å². The lowest BCUT2D eigenvalue weighted by molar-refractivity contribution is 0.462. The van der Waals surface area contributed by atoms with Crippen molar-refractivity contribution >= 4 is 109 Å². The molecular weight excluding hydrogens is 955 g/mol. The van der Waals surface area contributed by atoms with Crippen molar-refractivity contribution in [2.45, 2.75) is 19.4 Å². The smallest absolute Gasteiger partial charge is 0.145 e. The number of aromatic nitrogens is 3. The lowest BCUT2D eigenvalue weighted by atomic mass is 9.82. The summed E-state index contributed by atoms with van der Waals surface area (Å²) in [4.78, 5) is 0. The first-order valence-electron chi connectivity index (χ1n) is 26.3. The first-order valence-corrected chi connectivity index (χ1v) is 26.3. The molecule has 364 valence electrons. The Morgan fingerprint density at radius 3 is 1.21 bits per heavy atom. The number of benzene rings is 11. The van der Waals surface area contributed by atoms with Crippen molar-refractivity contribution in [2.24, 2.45) is 0 Å². The van der Waals surface area contributed by atoms with Crippen LogP contribution in [0.2, 0.25) is 0 Å². The normalized spacial score (nSPS) is 12.2. The van der Waals surface area contributed by atoms with Crippen molar-refractivity contribution in [3.63, 3.8) is 0 Å². The highest BCUT2D eigenvalue weighted by Crippen LogP contribution is 2.53. The molecule has 78 heavy (non-hydrogen) atoms. The lowest BCUT2D eigenvalue weighted by Crippen LogP contribution is -2.31. The molecule has 0 unspecified atom stereocenters. The van der Waals surface area contributed by atoms with E-state index in [1.165, 1.54) is 0 Å². The topological polar surface area (TPSA) is 88.7 Å². The summed E-state index contributed by atoms with van der Waals surface area (Å²) in [7, 11) is 0. The highest BCUT2D eigenvalue weighted by Gasteiger charge is 2.39. The third-order valence-electron chi connectivity index (χ3n) is 16.4. The van der Waals surface area contributed by atoms with Crippen LogP contribution in [-0.4, -0.2) is 13.7 Å². The fraction of sp³-hybridized carbons (Fsp3) is 0.0423. The number of rotatable bonds is 6. The molecule has 16 aromatic rings. The monoisotopic (exact) mass is 997 g/mol. The number of nitriles is 2. The Balaban J connectivity index is 1.20. The zero-order valence-electron chi connectivity index (χ0n) is 42.4. The van der Waals surface area contributed by atoms with Gasteiger partial charge in [-0.05, 0) is 116 Å². The van der Waals surface area contributed by atoms with E-state index in [4.69, 9.17) is 8.83 Å². The molecule has 0 aliphatic heterocycles. The van der Waals surface area contributed by atoms with Crippen LogP contribution in [0, 0.1) is 22.7 Å². The molecule has 0 aliphatic rings. The maximum atomic E-state index is 10.7. The van der Waals surface area contributed by atoms with E-state index in [-0.39, 0.29) is 0 Å². The first kappa shape index (κ1) is 43.8. The van der Waals surface area contributed by atoms with E-state index in [0.29, 0.717) is 11.1 Å². The molecule has 0 aliphatic carbocycles. The fourth-order valence-electron chi connectivity index (χ4n) is 13.2. The number of furan rings is 2. The molecule has 0 fully saturated rings. The summed E-state index contributed by atoms with van der Waals surface area (Å²) in [5.74, 6) is 0. The van der Waals surface area contributed by atoms with Crippen molar-refractivity contribution in [3.8, 4) is 45.8 Å². The largest absolute Gasteiger partial charge is 0.455 e. The van der Waals surface area contributed by atoms with Gasteiger partial charge in [0.05, 0.1) is 73.0 Å². The summed E-state index contributed by atoms with van der Waals surface area (Å²) >= 11 is 0. The molecule has 0 bridgehead atoms. The predicted octanol–water partition coefficient (Wildman–Crippen LogP) is 18.6. The zero-order chi connectivity index (χ0) is 52.0. The summed E-state index contributed by atoms with van der Waals surface area (Å²) in [6, 6.07) is 83.5. The Kier molecular flexibility index (Phi) is 9.09. The van der Waals surface area contributed by atoms with Crippen molar-refractivity contribution in [3.05, 3.63) is 241 Å². The number of hydrogen-bond acceptors (Lipinski definition) is 4. The molecule has 0 radical (unpaired) electrons. The van der Waals surface area contributed by atoms with Crippen LogP contribution in [0.4, 0.5) is 0 Å². The second kappa shape index (κ2) is 16.2. The van der Waals surface area contributed by atoms with Gasteiger partial charge in [-0.15, -0.1) is 0 Å². The molecule has 0 saturated heterocycles. The highest BCUT2D eigenvalue weighted by atomic mass is 16.3. The minimum Gasteiger partial charge on any atom is -0.455 e. The quantitative estimate of drug-likeness (QED) is 0.166. The predicted molar refractivity (Wildman–Crippen MR) is 318 cm³/mol. The van der Waals surface area contributed by atoms with Gasteiger partial charge in [0.2, 0.25) is 0 Å². The number of fused-ring (bicyclic) bond motifs is 17. The van der Waals surface area contributed by atoms with Crippen molar-refractivity contribution in [1.29, 1.82) is 10.5 Å². The Morgan fingerprint density at radius 2 is 0.756 bits per heavy atom. The van der Waals surface area contributed by atoms with Gasteiger partial charge < -0.3 is 22.5 Å². The molecule has 7 heteroatoms. The van der Waals surface area contributed by atoms with E-state index in [1.807, 2.05) is 60.7 Å². The maximum absolute atomic E-state index is 10.7. The van der Waals surface area contributed by atoms with Gasteiger partial charge >= 0.3 is 0 Å². The minimum atomic E-state index is -0.917. The third kappa shape index (κ3) is 5.96. The number of nitrogens with zero attached hydrogens (tertiary/aromatic N) is 5. The van der Waals surface area contributed by atoms with Crippen LogP contribution < -0.4 is 0 Å². The molecule has 11 aromatic carbocycles. The van der Waals surface area contributed by atoms with E-state index in [9.17, 15) is 10.5 Å². The molecular formula is C71H43N5O2. The van der Waals surface area contributed by atoms with Crippen molar-refractivity contribution in [2.75, 3.05) is 0 Å². The summed E-state index contributed by atoms with van der Waals surface area (Å²) in [5.41, 5.74) is 16.0. The summed E-state index contributed by atoms with van der Waals surface area (Å²) < 4.78 is 21.4. The second-order valence-corrected chi connectivity index (χ2v) is 20.9. The molecule has 0 spiro atoms. The van der Waals surface area contributed by atoms with Crippen molar-refractivity contribution < 1.29 is 8.83 Å². The van der Waals surface area contributed by atoms with Crippen LogP contribution >= 0.6 is 0 Å². The average molecular weight is 998 g/mol. The fourth-order valence-corrected chi connectivity index (χ4v) is 13.2. The first-order chi connectivity index (χ1) is 38.4. The van der Waals surface area contributed by atoms with Gasteiger partial charge in [0.15, 0.2) is 0 Å². The molecule has 16 rings (SSSR count). The Hall–Kier alpha value is -10.6. The molecule has 5 aromatic heterocycles. The zero-order valence-corrected chi connectivity index (χ0v) is 42.4. The molecule has 7 nitrogen and oxygen atoms in total. The number of para-hydroxylation sites is 6. The minimum absolute atomic E-state index is 0.544. The van der Waals surface area contributed by atoms with Crippen LogP contribution in [0.3, 0.4) is 0 Å². The van der Waals surface area contributed by atoms with E-state index >= 15 is 0 Å².